The van der Waals surface area contributed by atoms with Gasteiger partial charge in [-0.3, -0.25) is 0 Å². The summed E-state index contributed by atoms with van der Waals surface area (Å²) >= 11 is 0. The van der Waals surface area contributed by atoms with Gasteiger partial charge in [-0.05, 0) is 99.8 Å². The van der Waals surface area contributed by atoms with E-state index in [-0.39, 0.29) is 5.63 Å². The third kappa shape index (κ3) is 5.44. The Morgan fingerprint density at radius 3 is 1.91 bits per heavy atom. The van der Waals surface area contributed by atoms with E-state index in [1.807, 2.05) is 91.0 Å². The van der Waals surface area contributed by atoms with Crippen molar-refractivity contribution in [2.24, 2.45) is 0 Å². The van der Waals surface area contributed by atoms with Crippen LogP contribution in [0.25, 0.3) is 88.2 Å². The Balaban J connectivity index is 0.976. The van der Waals surface area contributed by atoms with Crippen LogP contribution in [-0.4, -0.2) is 0 Å². The van der Waals surface area contributed by atoms with Crippen molar-refractivity contribution < 1.29 is 13.6 Å². The minimum atomic E-state index is -0.361. The van der Waals surface area contributed by atoms with E-state index in [1.54, 1.807) is 0 Å². The molecule has 2 aromatic heterocycles. The lowest BCUT2D eigenvalue weighted by Crippen LogP contribution is -2.00. The van der Waals surface area contributed by atoms with E-state index in [2.05, 4.69) is 91.9 Å². The van der Waals surface area contributed by atoms with Gasteiger partial charge in [0.1, 0.15) is 28.2 Å². The van der Waals surface area contributed by atoms with Crippen LogP contribution in [0.2, 0.25) is 0 Å². The van der Waals surface area contributed by atoms with E-state index in [0.29, 0.717) is 11.0 Å². The van der Waals surface area contributed by atoms with Crippen molar-refractivity contribution in [2.45, 2.75) is 6.92 Å². The number of hydrogen-bond donors (Lipinski definition) is 0. The van der Waals surface area contributed by atoms with E-state index in [0.717, 1.165) is 94.3 Å². The zero-order valence-electron chi connectivity index (χ0n) is 29.4. The Morgan fingerprint density at radius 1 is 0.407 bits per heavy atom. The van der Waals surface area contributed by atoms with Gasteiger partial charge in [-0.2, -0.15) is 0 Å². The standard InChI is InChI=1S/C50H32O4/c1-31-18-19-34(28-44(31)41-13-6-7-16-46(41)52-37-10-3-2-4-11-37)35-24-26-39-42-27-25-36(30-48(42)54-50(51)45(39)29-35)32-20-22-33(23-21-32)38-14-9-15-43-40-12-5-8-17-47(40)53-49(38)43/h2-30H,1H3. The van der Waals surface area contributed by atoms with Gasteiger partial charge in [-0.25, -0.2) is 4.79 Å². The van der Waals surface area contributed by atoms with Crippen LogP contribution in [0.4, 0.5) is 0 Å². The Bertz CT molecular complexity index is 3100. The maximum atomic E-state index is 13.6. The van der Waals surface area contributed by atoms with Crippen LogP contribution in [0.1, 0.15) is 5.56 Å². The Hall–Kier alpha value is -7.17. The van der Waals surface area contributed by atoms with Crippen molar-refractivity contribution in [1.29, 1.82) is 0 Å². The van der Waals surface area contributed by atoms with Crippen molar-refractivity contribution in [3.8, 4) is 56.0 Å². The predicted molar refractivity (Wildman–Crippen MR) is 220 cm³/mol. The number of ether oxygens (including phenoxy) is 1. The third-order valence-electron chi connectivity index (χ3n) is 10.4. The first kappa shape index (κ1) is 31.6. The fourth-order valence-corrected chi connectivity index (χ4v) is 7.59. The van der Waals surface area contributed by atoms with Crippen molar-refractivity contribution in [3.63, 3.8) is 0 Å². The molecule has 0 aliphatic carbocycles. The predicted octanol–water partition coefficient (Wildman–Crippen LogP) is 13.6. The molecule has 8 aromatic carbocycles. The molecule has 0 radical (unpaired) electrons. The van der Waals surface area contributed by atoms with Crippen LogP contribution in [-0.2, 0) is 0 Å². The first-order valence-corrected chi connectivity index (χ1v) is 18.0. The molecule has 0 aliphatic heterocycles. The van der Waals surface area contributed by atoms with Crippen molar-refractivity contribution in [3.05, 3.63) is 192 Å². The fourth-order valence-electron chi connectivity index (χ4n) is 7.59. The van der Waals surface area contributed by atoms with Crippen LogP contribution in [0.15, 0.2) is 190 Å². The topological polar surface area (TPSA) is 52.6 Å². The summed E-state index contributed by atoms with van der Waals surface area (Å²) in [6, 6.07) is 59.3. The number of furan rings is 1. The molecule has 0 fully saturated rings. The molecule has 0 unspecified atom stereocenters. The van der Waals surface area contributed by atoms with Gasteiger partial charge in [0.15, 0.2) is 0 Å². The van der Waals surface area contributed by atoms with Gasteiger partial charge in [-0.1, -0.05) is 127 Å². The van der Waals surface area contributed by atoms with Gasteiger partial charge in [0.2, 0.25) is 0 Å². The Labute approximate surface area is 311 Å². The second kappa shape index (κ2) is 12.8. The van der Waals surface area contributed by atoms with Crippen LogP contribution in [0, 0.1) is 6.92 Å². The quantitative estimate of drug-likeness (QED) is 0.128. The van der Waals surface area contributed by atoms with E-state index >= 15 is 0 Å². The molecule has 0 atom stereocenters. The zero-order chi connectivity index (χ0) is 36.2. The van der Waals surface area contributed by atoms with Crippen LogP contribution in [0.5, 0.6) is 11.5 Å². The van der Waals surface area contributed by atoms with E-state index < -0.39 is 0 Å². The van der Waals surface area contributed by atoms with E-state index in [4.69, 9.17) is 13.6 Å². The van der Waals surface area contributed by atoms with Gasteiger partial charge in [-0.15, -0.1) is 0 Å². The monoisotopic (exact) mass is 696 g/mol. The Morgan fingerprint density at radius 2 is 1.04 bits per heavy atom. The molecule has 10 aromatic rings. The molecule has 10 rings (SSSR count). The second-order valence-corrected chi connectivity index (χ2v) is 13.7. The highest BCUT2D eigenvalue weighted by atomic mass is 16.5. The van der Waals surface area contributed by atoms with Gasteiger partial charge >= 0.3 is 5.63 Å². The van der Waals surface area contributed by atoms with Gasteiger partial charge < -0.3 is 13.6 Å². The van der Waals surface area contributed by atoms with E-state index in [1.165, 1.54) is 0 Å². The maximum absolute atomic E-state index is 13.6. The third-order valence-corrected chi connectivity index (χ3v) is 10.4. The molecule has 4 heteroatoms. The molecule has 256 valence electrons. The Kier molecular flexibility index (Phi) is 7.48. The summed E-state index contributed by atoms with van der Waals surface area (Å²) in [4.78, 5) is 13.6. The normalized spacial score (nSPS) is 11.5. The van der Waals surface area contributed by atoms with Crippen molar-refractivity contribution in [2.75, 3.05) is 0 Å². The first-order valence-electron chi connectivity index (χ1n) is 18.0. The number of hydrogen-bond acceptors (Lipinski definition) is 4. The highest BCUT2D eigenvalue weighted by Crippen LogP contribution is 2.39. The molecule has 0 bridgehead atoms. The lowest BCUT2D eigenvalue weighted by Gasteiger charge is -2.15. The molecule has 4 nitrogen and oxygen atoms in total. The average Bonchev–Trinajstić information content (AvgIpc) is 3.61. The summed E-state index contributed by atoms with van der Waals surface area (Å²) < 4.78 is 18.6. The summed E-state index contributed by atoms with van der Waals surface area (Å²) in [6.07, 6.45) is 0. The van der Waals surface area contributed by atoms with Crippen molar-refractivity contribution in [1.82, 2.24) is 0 Å². The number of benzene rings is 8. The van der Waals surface area contributed by atoms with Gasteiger partial charge in [0.05, 0.1) is 5.39 Å². The number of rotatable bonds is 6. The van der Waals surface area contributed by atoms with Crippen LogP contribution in [0.3, 0.4) is 0 Å². The molecule has 0 spiro atoms. The smallest absolute Gasteiger partial charge is 0.344 e. The first-order chi connectivity index (χ1) is 26.6. The lowest BCUT2D eigenvalue weighted by atomic mass is 9.93. The van der Waals surface area contributed by atoms with Crippen molar-refractivity contribution >= 4 is 43.7 Å². The molecule has 0 saturated heterocycles. The van der Waals surface area contributed by atoms with E-state index in [9.17, 15) is 4.79 Å². The minimum absolute atomic E-state index is 0.361. The molecule has 54 heavy (non-hydrogen) atoms. The van der Waals surface area contributed by atoms with Gasteiger partial charge in [0, 0.05) is 27.3 Å². The van der Waals surface area contributed by atoms with Gasteiger partial charge in [0.25, 0.3) is 0 Å². The summed E-state index contributed by atoms with van der Waals surface area (Å²) in [6.45, 7) is 2.10. The minimum Gasteiger partial charge on any atom is -0.457 e. The molecule has 0 aliphatic rings. The summed E-state index contributed by atoms with van der Waals surface area (Å²) in [7, 11) is 0. The van der Waals surface area contributed by atoms with Crippen LogP contribution >= 0.6 is 0 Å². The fraction of sp³-hybridized carbons (Fsp3) is 0.0200. The SMILES string of the molecule is Cc1ccc(-c2ccc3c(c2)c(=O)oc2cc(-c4ccc(-c5cccc6c5oc5ccccc56)cc4)ccc23)cc1-c1ccccc1Oc1ccccc1. The highest BCUT2D eigenvalue weighted by molar-refractivity contribution is 6.10. The average molecular weight is 697 g/mol. The molecule has 0 amide bonds. The summed E-state index contributed by atoms with van der Waals surface area (Å²) in [5.41, 5.74) is 11.2. The maximum Gasteiger partial charge on any atom is 0.344 e. The number of fused-ring (bicyclic) bond motifs is 6. The number of para-hydroxylation sites is 4. The highest BCUT2D eigenvalue weighted by Gasteiger charge is 2.15. The molecule has 0 saturated carbocycles. The molecule has 0 N–H and O–H groups in total. The van der Waals surface area contributed by atoms with Crippen LogP contribution < -0.4 is 10.4 Å². The largest absolute Gasteiger partial charge is 0.457 e. The zero-order valence-corrected chi connectivity index (χ0v) is 29.4. The summed E-state index contributed by atoms with van der Waals surface area (Å²) in [5, 5.41) is 4.52. The second-order valence-electron chi connectivity index (χ2n) is 13.7. The molecule has 2 heterocycles. The number of aryl methyl sites for hydroxylation is 1. The lowest BCUT2D eigenvalue weighted by molar-refractivity contribution is 0.484. The summed E-state index contributed by atoms with van der Waals surface area (Å²) in [5.74, 6) is 1.57. The molecular formula is C50H32O4. The molecular weight excluding hydrogens is 665 g/mol.